The van der Waals surface area contributed by atoms with Crippen LogP contribution in [0.5, 0.6) is 0 Å². The van der Waals surface area contributed by atoms with Crippen molar-refractivity contribution in [2.24, 2.45) is 0 Å². The van der Waals surface area contributed by atoms with Crippen molar-refractivity contribution < 1.29 is 13.9 Å². The summed E-state index contributed by atoms with van der Waals surface area (Å²) in [5.74, 6) is -0.368. The zero-order valence-corrected chi connectivity index (χ0v) is 5.59. The lowest BCUT2D eigenvalue weighted by Crippen LogP contribution is -2.02. The number of ether oxygens (including phenoxy) is 1. The van der Waals surface area contributed by atoms with Gasteiger partial charge in [-0.05, 0) is 6.92 Å². The Bertz CT molecular complexity index is 201. The lowest BCUT2D eigenvalue weighted by atomic mass is 10.3. The van der Waals surface area contributed by atoms with E-state index in [0.717, 1.165) is 0 Å². The van der Waals surface area contributed by atoms with E-state index in [9.17, 15) is 4.79 Å². The molecule has 0 aliphatic rings. The van der Waals surface area contributed by atoms with Crippen LogP contribution in [0.1, 0.15) is 17.3 Å². The van der Waals surface area contributed by atoms with Crippen LogP contribution in [0.2, 0.25) is 0 Å². The van der Waals surface area contributed by atoms with Gasteiger partial charge < -0.3 is 9.15 Å². The molecule has 0 aliphatic carbocycles. The van der Waals surface area contributed by atoms with Crippen LogP contribution in [0.3, 0.4) is 0 Å². The van der Waals surface area contributed by atoms with Crippen molar-refractivity contribution in [2.45, 2.75) is 6.92 Å². The molecule has 1 rings (SSSR count). The normalized spacial score (nSPS) is 9.30. The van der Waals surface area contributed by atoms with E-state index in [-0.39, 0.29) is 5.97 Å². The molecule has 1 radical (unpaired) electrons. The Hall–Kier alpha value is -1.25. The summed E-state index contributed by atoms with van der Waals surface area (Å²) in [6.45, 7) is 2.13. The molecule has 0 atom stereocenters. The number of furan rings is 1. The highest BCUT2D eigenvalue weighted by Crippen LogP contribution is 2.00. The first-order valence-electron chi connectivity index (χ1n) is 2.96. The largest absolute Gasteiger partial charge is 0.462 e. The van der Waals surface area contributed by atoms with Crippen molar-refractivity contribution in [2.75, 3.05) is 6.61 Å². The van der Waals surface area contributed by atoms with Gasteiger partial charge in [0.15, 0.2) is 6.26 Å². The predicted octanol–water partition coefficient (Wildman–Crippen LogP) is 1.26. The minimum Gasteiger partial charge on any atom is -0.462 e. The summed E-state index contributed by atoms with van der Waals surface area (Å²) in [4.78, 5) is 10.8. The summed E-state index contributed by atoms with van der Waals surface area (Å²) < 4.78 is 9.22. The lowest BCUT2D eigenvalue weighted by molar-refractivity contribution is 0.0525. The summed E-state index contributed by atoms with van der Waals surface area (Å²) in [7, 11) is 0. The van der Waals surface area contributed by atoms with Crippen molar-refractivity contribution >= 4 is 5.97 Å². The van der Waals surface area contributed by atoms with Crippen molar-refractivity contribution in [3.05, 3.63) is 24.2 Å². The molecular formula is C7H7O3. The summed E-state index contributed by atoms with van der Waals surface area (Å²) in [5, 5.41) is 0. The van der Waals surface area contributed by atoms with E-state index in [4.69, 9.17) is 0 Å². The van der Waals surface area contributed by atoms with Gasteiger partial charge in [-0.15, -0.1) is 0 Å². The van der Waals surface area contributed by atoms with Crippen LogP contribution in [0.25, 0.3) is 0 Å². The number of carbonyl (C=O) groups is 1. The second kappa shape index (κ2) is 3.06. The van der Waals surface area contributed by atoms with E-state index in [0.29, 0.717) is 12.2 Å². The number of esters is 1. The number of carbonyl (C=O) groups excluding carboxylic acids is 1. The molecule has 3 heteroatoms. The second-order valence-corrected chi connectivity index (χ2v) is 1.67. The molecule has 0 amide bonds. The Balaban J connectivity index is 2.59. The van der Waals surface area contributed by atoms with Crippen LogP contribution >= 0.6 is 0 Å². The Morgan fingerprint density at radius 3 is 3.20 bits per heavy atom. The summed E-state index contributed by atoms with van der Waals surface area (Å²) in [5.41, 5.74) is 0.404. The molecule has 0 aliphatic heterocycles. The van der Waals surface area contributed by atoms with Crippen LogP contribution in [0.15, 0.2) is 16.7 Å². The van der Waals surface area contributed by atoms with E-state index in [1.54, 1.807) is 6.92 Å². The third kappa shape index (κ3) is 1.37. The fourth-order valence-corrected chi connectivity index (χ4v) is 0.550. The smallest absolute Gasteiger partial charge is 0.341 e. The van der Waals surface area contributed by atoms with Crippen LogP contribution < -0.4 is 0 Å². The first-order valence-corrected chi connectivity index (χ1v) is 2.96. The van der Waals surface area contributed by atoms with Gasteiger partial charge in [-0.3, -0.25) is 0 Å². The molecule has 10 heavy (non-hydrogen) atoms. The highest BCUT2D eigenvalue weighted by atomic mass is 16.5. The molecule has 3 nitrogen and oxygen atoms in total. The van der Waals surface area contributed by atoms with Crippen molar-refractivity contribution in [1.29, 1.82) is 0 Å². The van der Waals surface area contributed by atoms with Gasteiger partial charge in [0.2, 0.25) is 0 Å². The van der Waals surface area contributed by atoms with Crippen LogP contribution in [-0.2, 0) is 4.74 Å². The summed E-state index contributed by atoms with van der Waals surface area (Å²) >= 11 is 0. The molecule has 0 spiro atoms. The zero-order valence-electron chi connectivity index (χ0n) is 5.59. The van der Waals surface area contributed by atoms with Crippen LogP contribution in [0.4, 0.5) is 0 Å². The lowest BCUT2D eigenvalue weighted by Gasteiger charge is -1.95. The van der Waals surface area contributed by atoms with Gasteiger partial charge in [-0.25, -0.2) is 4.79 Å². The molecule has 0 unspecified atom stereocenters. The Morgan fingerprint density at radius 1 is 1.90 bits per heavy atom. The third-order valence-electron chi connectivity index (χ3n) is 0.979. The molecule has 53 valence electrons. The van der Waals surface area contributed by atoms with E-state index < -0.39 is 0 Å². The Labute approximate surface area is 58.6 Å². The molecular weight excluding hydrogens is 132 g/mol. The molecule has 1 aromatic heterocycles. The van der Waals surface area contributed by atoms with Gasteiger partial charge in [0.05, 0.1) is 12.2 Å². The monoisotopic (exact) mass is 139 g/mol. The molecule has 1 heterocycles. The fourth-order valence-electron chi connectivity index (χ4n) is 0.550. The molecule has 0 saturated heterocycles. The van der Waals surface area contributed by atoms with E-state index >= 15 is 0 Å². The van der Waals surface area contributed by atoms with Gasteiger partial charge in [0, 0.05) is 6.07 Å². The summed E-state index contributed by atoms with van der Waals surface area (Å²) in [6, 6.07) is 1.44. The third-order valence-corrected chi connectivity index (χ3v) is 0.979. The van der Waals surface area contributed by atoms with E-state index in [1.165, 1.54) is 12.3 Å². The van der Waals surface area contributed by atoms with Crippen molar-refractivity contribution in [3.63, 3.8) is 0 Å². The Kier molecular flexibility index (Phi) is 2.10. The topological polar surface area (TPSA) is 39.4 Å². The average molecular weight is 139 g/mol. The Morgan fingerprint density at radius 2 is 2.70 bits per heavy atom. The van der Waals surface area contributed by atoms with Gasteiger partial charge in [-0.1, -0.05) is 0 Å². The molecule has 0 saturated carbocycles. The summed E-state index contributed by atoms with van der Waals surface area (Å²) in [6.07, 6.45) is 3.70. The maximum absolute atomic E-state index is 10.8. The first-order chi connectivity index (χ1) is 4.84. The predicted molar refractivity (Wildman–Crippen MR) is 33.5 cm³/mol. The molecule has 1 aromatic rings. The fraction of sp³-hybridized carbons (Fsp3) is 0.286. The van der Waals surface area contributed by atoms with E-state index in [2.05, 4.69) is 15.4 Å². The quantitative estimate of drug-likeness (QED) is 0.579. The van der Waals surface area contributed by atoms with Crippen molar-refractivity contribution in [3.8, 4) is 0 Å². The van der Waals surface area contributed by atoms with Gasteiger partial charge in [0.25, 0.3) is 0 Å². The SMILES string of the molecule is CCOC(=O)c1c[c]oc1. The van der Waals surface area contributed by atoms with E-state index in [1.807, 2.05) is 0 Å². The maximum atomic E-state index is 10.8. The number of rotatable bonds is 2. The maximum Gasteiger partial charge on any atom is 0.341 e. The van der Waals surface area contributed by atoms with Crippen molar-refractivity contribution in [1.82, 2.24) is 0 Å². The van der Waals surface area contributed by atoms with Gasteiger partial charge in [0.1, 0.15) is 6.26 Å². The zero-order chi connectivity index (χ0) is 7.40. The minimum absolute atomic E-state index is 0.368. The number of hydrogen-bond acceptors (Lipinski definition) is 3. The molecule has 0 N–H and O–H groups in total. The van der Waals surface area contributed by atoms with Crippen LogP contribution in [0, 0.1) is 6.26 Å². The molecule has 0 bridgehead atoms. The minimum atomic E-state index is -0.368. The second-order valence-electron chi connectivity index (χ2n) is 1.67. The highest BCUT2D eigenvalue weighted by molar-refractivity contribution is 5.88. The van der Waals surface area contributed by atoms with Gasteiger partial charge >= 0.3 is 5.97 Å². The average Bonchev–Trinajstić information content (AvgIpc) is 2.38. The van der Waals surface area contributed by atoms with Gasteiger partial charge in [-0.2, -0.15) is 0 Å². The molecule has 0 fully saturated rings. The standard InChI is InChI=1S/C7H7O3/c1-2-10-7(8)6-3-4-9-5-6/h3,5H,2H2,1H3. The number of hydrogen-bond donors (Lipinski definition) is 0. The highest BCUT2D eigenvalue weighted by Gasteiger charge is 2.05. The van der Waals surface area contributed by atoms with Crippen LogP contribution in [-0.4, -0.2) is 12.6 Å². The molecule has 0 aromatic carbocycles. The first kappa shape index (κ1) is 6.86.